The van der Waals surface area contributed by atoms with Crippen LogP contribution in [-0.2, 0) is 0 Å². The van der Waals surface area contributed by atoms with Crippen LogP contribution in [0, 0.1) is 6.92 Å². The van der Waals surface area contributed by atoms with Crippen LogP contribution in [0.1, 0.15) is 16.1 Å². The third-order valence-electron chi connectivity index (χ3n) is 2.98. The number of rotatable bonds is 3. The van der Waals surface area contributed by atoms with Crippen LogP contribution in [0.4, 0.5) is 0 Å². The lowest BCUT2D eigenvalue weighted by Gasteiger charge is -2.08. The molecule has 3 aromatic rings. The van der Waals surface area contributed by atoms with Crippen LogP contribution in [0.15, 0.2) is 57.0 Å². The van der Waals surface area contributed by atoms with Gasteiger partial charge in [0.1, 0.15) is 5.76 Å². The van der Waals surface area contributed by atoms with Crippen molar-refractivity contribution in [1.82, 2.24) is 4.98 Å². The minimum absolute atomic E-state index is 0.203. The molecule has 0 unspecified atom stereocenters. The van der Waals surface area contributed by atoms with E-state index >= 15 is 0 Å². The SMILES string of the molecule is Cc1occc1Sc1c(C(=O)O)cnc2ccccc12. The van der Waals surface area contributed by atoms with Crippen LogP contribution >= 0.6 is 11.8 Å². The minimum atomic E-state index is -0.980. The summed E-state index contributed by atoms with van der Waals surface area (Å²) in [6.07, 6.45) is 3.00. The second kappa shape index (κ2) is 5.02. The average Bonchev–Trinajstić information content (AvgIpc) is 2.84. The first-order valence-electron chi connectivity index (χ1n) is 6.00. The van der Waals surface area contributed by atoms with Crippen LogP contribution in [0.25, 0.3) is 10.9 Å². The van der Waals surface area contributed by atoms with E-state index in [4.69, 9.17) is 4.42 Å². The number of aromatic nitrogens is 1. The summed E-state index contributed by atoms with van der Waals surface area (Å²) < 4.78 is 5.27. The van der Waals surface area contributed by atoms with Gasteiger partial charge in [-0.25, -0.2) is 4.79 Å². The number of furan rings is 1. The van der Waals surface area contributed by atoms with E-state index in [1.165, 1.54) is 18.0 Å². The normalized spacial score (nSPS) is 10.8. The second-order valence-corrected chi connectivity index (χ2v) is 5.32. The summed E-state index contributed by atoms with van der Waals surface area (Å²) in [5, 5.41) is 10.2. The van der Waals surface area contributed by atoms with Gasteiger partial charge in [0, 0.05) is 16.5 Å². The predicted octanol–water partition coefficient (Wildman–Crippen LogP) is 3.99. The van der Waals surface area contributed by atoms with E-state index in [9.17, 15) is 9.90 Å². The molecular formula is C15H11NO3S. The van der Waals surface area contributed by atoms with Crippen LogP contribution in [-0.4, -0.2) is 16.1 Å². The standard InChI is InChI=1S/C15H11NO3S/c1-9-13(6-7-19-9)20-14-10-4-2-3-5-12(10)16-8-11(14)15(17)18/h2-8H,1H3,(H,17,18). The average molecular weight is 285 g/mol. The highest BCUT2D eigenvalue weighted by Gasteiger charge is 2.17. The molecule has 1 aromatic carbocycles. The van der Waals surface area contributed by atoms with E-state index in [1.807, 2.05) is 37.3 Å². The van der Waals surface area contributed by atoms with Gasteiger partial charge < -0.3 is 9.52 Å². The molecule has 2 aromatic heterocycles. The van der Waals surface area contributed by atoms with Crippen molar-refractivity contribution in [3.8, 4) is 0 Å². The van der Waals surface area contributed by atoms with Crippen molar-refractivity contribution in [3.63, 3.8) is 0 Å². The van der Waals surface area contributed by atoms with Gasteiger partial charge in [0.05, 0.1) is 22.2 Å². The van der Waals surface area contributed by atoms with E-state index in [1.54, 1.807) is 6.26 Å². The largest absolute Gasteiger partial charge is 0.478 e. The van der Waals surface area contributed by atoms with Gasteiger partial charge >= 0.3 is 5.97 Å². The summed E-state index contributed by atoms with van der Waals surface area (Å²) in [5.74, 6) is -0.209. The quantitative estimate of drug-likeness (QED) is 0.788. The molecular weight excluding hydrogens is 274 g/mol. The smallest absolute Gasteiger partial charge is 0.338 e. The van der Waals surface area contributed by atoms with Crippen LogP contribution in [0.5, 0.6) is 0 Å². The summed E-state index contributed by atoms with van der Waals surface area (Å²) in [4.78, 5) is 17.2. The fraction of sp³-hybridized carbons (Fsp3) is 0.0667. The van der Waals surface area contributed by atoms with Crippen molar-refractivity contribution in [2.45, 2.75) is 16.7 Å². The first-order chi connectivity index (χ1) is 9.66. The molecule has 0 saturated heterocycles. The van der Waals surface area contributed by atoms with Crippen molar-refractivity contribution >= 4 is 28.6 Å². The highest BCUT2D eigenvalue weighted by Crippen LogP contribution is 2.37. The van der Waals surface area contributed by atoms with Gasteiger partial charge in [0.15, 0.2) is 0 Å². The summed E-state index contributed by atoms with van der Waals surface area (Å²) in [7, 11) is 0. The number of pyridine rings is 1. The number of hydrogen-bond donors (Lipinski definition) is 1. The first-order valence-corrected chi connectivity index (χ1v) is 6.81. The molecule has 3 rings (SSSR count). The Bertz CT molecular complexity index is 795. The number of benzene rings is 1. The van der Waals surface area contributed by atoms with Gasteiger partial charge in [0.25, 0.3) is 0 Å². The number of carboxylic acids is 1. The Morgan fingerprint density at radius 3 is 2.80 bits per heavy atom. The Balaban J connectivity index is 2.22. The lowest BCUT2D eigenvalue weighted by Crippen LogP contribution is -2.00. The first kappa shape index (κ1) is 12.7. The minimum Gasteiger partial charge on any atom is -0.478 e. The summed E-state index contributed by atoms with van der Waals surface area (Å²) in [6.45, 7) is 1.85. The Morgan fingerprint density at radius 2 is 2.10 bits per heavy atom. The maximum atomic E-state index is 11.4. The fourth-order valence-electron chi connectivity index (χ4n) is 1.97. The molecule has 0 fully saturated rings. The number of hydrogen-bond acceptors (Lipinski definition) is 4. The highest BCUT2D eigenvalue weighted by molar-refractivity contribution is 7.99. The summed E-state index contributed by atoms with van der Waals surface area (Å²) >= 11 is 1.39. The van der Waals surface area contributed by atoms with E-state index in [-0.39, 0.29) is 5.56 Å². The van der Waals surface area contributed by atoms with Gasteiger partial charge in [-0.2, -0.15) is 0 Å². The van der Waals surface area contributed by atoms with E-state index in [0.29, 0.717) is 4.90 Å². The maximum absolute atomic E-state index is 11.4. The third kappa shape index (κ3) is 2.16. The fourth-order valence-corrected chi connectivity index (χ4v) is 3.04. The molecule has 100 valence electrons. The zero-order valence-electron chi connectivity index (χ0n) is 10.7. The van der Waals surface area contributed by atoms with Crippen LogP contribution < -0.4 is 0 Å². The van der Waals surface area contributed by atoms with Gasteiger partial charge in [-0.1, -0.05) is 30.0 Å². The van der Waals surface area contributed by atoms with Crippen molar-refractivity contribution in [1.29, 1.82) is 0 Å². The van der Waals surface area contributed by atoms with Crippen LogP contribution in [0.3, 0.4) is 0 Å². The molecule has 0 spiro atoms. The topological polar surface area (TPSA) is 63.3 Å². The molecule has 0 aliphatic carbocycles. The molecule has 0 amide bonds. The molecule has 0 saturated carbocycles. The molecule has 20 heavy (non-hydrogen) atoms. The van der Waals surface area contributed by atoms with E-state index < -0.39 is 5.97 Å². The molecule has 0 bridgehead atoms. The molecule has 1 N–H and O–H groups in total. The Hall–Kier alpha value is -2.27. The number of carbonyl (C=O) groups is 1. The number of para-hydroxylation sites is 1. The van der Waals surface area contributed by atoms with E-state index in [0.717, 1.165) is 21.6 Å². The van der Waals surface area contributed by atoms with Crippen molar-refractivity contribution in [2.24, 2.45) is 0 Å². The molecule has 0 atom stereocenters. The lowest BCUT2D eigenvalue weighted by molar-refractivity contribution is 0.0693. The zero-order valence-corrected chi connectivity index (χ0v) is 11.5. The second-order valence-electron chi connectivity index (χ2n) is 4.27. The summed E-state index contributed by atoms with van der Waals surface area (Å²) in [6, 6.07) is 9.34. The zero-order chi connectivity index (χ0) is 14.1. The van der Waals surface area contributed by atoms with Gasteiger partial charge in [-0.05, 0) is 19.1 Å². The summed E-state index contributed by atoms with van der Waals surface area (Å²) in [5.41, 5.74) is 0.982. The maximum Gasteiger partial charge on any atom is 0.338 e. The monoisotopic (exact) mass is 285 g/mol. The molecule has 4 nitrogen and oxygen atoms in total. The van der Waals surface area contributed by atoms with Gasteiger partial charge in [0.2, 0.25) is 0 Å². The number of nitrogens with zero attached hydrogens (tertiary/aromatic N) is 1. The number of fused-ring (bicyclic) bond motifs is 1. The Labute approximate surface area is 119 Å². The molecule has 0 aliphatic rings. The Kier molecular flexibility index (Phi) is 3.20. The van der Waals surface area contributed by atoms with Crippen LogP contribution in [0.2, 0.25) is 0 Å². The predicted molar refractivity (Wildman–Crippen MR) is 76.3 cm³/mol. The van der Waals surface area contributed by atoms with Crippen molar-refractivity contribution < 1.29 is 14.3 Å². The molecule has 0 radical (unpaired) electrons. The number of aryl methyl sites for hydroxylation is 1. The van der Waals surface area contributed by atoms with Gasteiger partial charge in [-0.15, -0.1) is 0 Å². The number of carboxylic acid groups (broad SMARTS) is 1. The lowest BCUT2D eigenvalue weighted by atomic mass is 10.1. The Morgan fingerprint density at radius 1 is 1.30 bits per heavy atom. The van der Waals surface area contributed by atoms with Crippen molar-refractivity contribution in [3.05, 3.63) is 54.1 Å². The van der Waals surface area contributed by atoms with Crippen molar-refractivity contribution in [2.75, 3.05) is 0 Å². The number of aromatic carboxylic acids is 1. The highest BCUT2D eigenvalue weighted by atomic mass is 32.2. The van der Waals surface area contributed by atoms with Gasteiger partial charge in [-0.3, -0.25) is 4.98 Å². The molecule has 5 heteroatoms. The molecule has 2 heterocycles. The molecule has 0 aliphatic heterocycles. The van der Waals surface area contributed by atoms with E-state index in [2.05, 4.69) is 4.98 Å². The third-order valence-corrected chi connectivity index (χ3v) is 4.27.